The molecule has 44 heavy (non-hydrogen) atoms. The first kappa shape index (κ1) is 31.8. The SMILES string of the molecule is C[C@H]1C[C@H]([C@H](Br)C(C)(C)OCc2cn(Cc3ccccc3)nn2)O[C@@]12CC[C@]1(C)C[C@H]3[C@H](C(=O)C[C@@]3(C)O)/C(C=O)=C\C[C@H]12. The summed E-state index contributed by atoms with van der Waals surface area (Å²) in [5, 5.41) is 19.9. The predicted molar refractivity (Wildman–Crippen MR) is 170 cm³/mol. The summed E-state index contributed by atoms with van der Waals surface area (Å²) in [7, 11) is 0. The highest BCUT2D eigenvalue weighted by atomic mass is 79.9. The molecule has 2 aromatic rings. The second kappa shape index (κ2) is 11.6. The summed E-state index contributed by atoms with van der Waals surface area (Å²) in [4.78, 5) is 25.1. The van der Waals surface area contributed by atoms with Gasteiger partial charge < -0.3 is 14.6 Å². The molecule has 0 radical (unpaired) electrons. The highest BCUT2D eigenvalue weighted by molar-refractivity contribution is 9.09. The number of rotatable bonds is 8. The molecule has 1 N–H and O–H groups in total. The third-order valence-electron chi connectivity index (χ3n) is 11.5. The van der Waals surface area contributed by atoms with Crippen molar-refractivity contribution in [1.29, 1.82) is 0 Å². The van der Waals surface area contributed by atoms with Crippen LogP contribution in [-0.4, -0.2) is 59.9 Å². The van der Waals surface area contributed by atoms with Gasteiger partial charge in [0.15, 0.2) is 0 Å². The molecule has 3 aliphatic carbocycles. The number of ketones is 1. The summed E-state index contributed by atoms with van der Waals surface area (Å²) >= 11 is 4.00. The molecule has 8 nitrogen and oxygen atoms in total. The molecule has 6 rings (SSSR count). The lowest BCUT2D eigenvalue weighted by molar-refractivity contribution is -0.124. The minimum Gasteiger partial charge on any atom is -0.389 e. The number of aldehydes is 1. The Bertz CT molecular complexity index is 1420. The van der Waals surface area contributed by atoms with Gasteiger partial charge in [-0.05, 0) is 81.3 Å². The lowest BCUT2D eigenvalue weighted by atomic mass is 9.62. The van der Waals surface area contributed by atoms with Gasteiger partial charge in [0.2, 0.25) is 0 Å². The number of benzene rings is 1. The largest absolute Gasteiger partial charge is 0.389 e. The van der Waals surface area contributed by atoms with Gasteiger partial charge >= 0.3 is 0 Å². The van der Waals surface area contributed by atoms with Crippen molar-refractivity contribution in [2.45, 2.75) is 114 Å². The van der Waals surface area contributed by atoms with Gasteiger partial charge in [-0.1, -0.05) is 71.4 Å². The lowest BCUT2D eigenvalue weighted by Crippen LogP contribution is -2.48. The highest BCUT2D eigenvalue weighted by Gasteiger charge is 2.64. The topological polar surface area (TPSA) is 104 Å². The van der Waals surface area contributed by atoms with E-state index in [9.17, 15) is 14.7 Å². The number of halogens is 1. The number of alkyl halides is 1. The summed E-state index contributed by atoms with van der Waals surface area (Å²) in [6.45, 7) is 11.6. The van der Waals surface area contributed by atoms with Crippen LogP contribution in [0.25, 0.3) is 0 Å². The molecule has 238 valence electrons. The van der Waals surface area contributed by atoms with Crippen molar-refractivity contribution < 1.29 is 24.2 Å². The van der Waals surface area contributed by atoms with Crippen LogP contribution in [0.15, 0.2) is 48.2 Å². The summed E-state index contributed by atoms with van der Waals surface area (Å²) in [6.07, 6.45) is 9.03. The molecule has 4 aliphatic rings. The number of hydrogen-bond acceptors (Lipinski definition) is 7. The smallest absolute Gasteiger partial charge is 0.146 e. The van der Waals surface area contributed by atoms with E-state index in [4.69, 9.17) is 9.47 Å². The number of allylic oxidation sites excluding steroid dienone is 2. The Morgan fingerprint density at radius 2 is 2.00 bits per heavy atom. The van der Waals surface area contributed by atoms with Crippen LogP contribution in [0.2, 0.25) is 0 Å². The van der Waals surface area contributed by atoms with Gasteiger partial charge in [0.05, 0.1) is 53.0 Å². The Balaban J connectivity index is 1.16. The Morgan fingerprint density at radius 1 is 1.25 bits per heavy atom. The summed E-state index contributed by atoms with van der Waals surface area (Å²) in [5.41, 5.74) is 0.396. The first-order chi connectivity index (χ1) is 20.8. The van der Waals surface area contributed by atoms with Crippen molar-refractivity contribution in [3.63, 3.8) is 0 Å². The first-order valence-electron chi connectivity index (χ1n) is 16.1. The number of carbonyl (C=O) groups excluding carboxylic acids is 2. The number of aromatic nitrogens is 3. The van der Waals surface area contributed by atoms with Crippen molar-refractivity contribution in [3.8, 4) is 0 Å². The van der Waals surface area contributed by atoms with Crippen LogP contribution in [0.5, 0.6) is 0 Å². The monoisotopic (exact) mass is 667 g/mol. The second-order valence-electron chi connectivity index (χ2n) is 15.0. The summed E-state index contributed by atoms with van der Waals surface area (Å²) in [6, 6.07) is 10.2. The van der Waals surface area contributed by atoms with Crippen molar-refractivity contribution >= 4 is 28.0 Å². The zero-order valence-corrected chi connectivity index (χ0v) is 28.1. The maximum Gasteiger partial charge on any atom is 0.146 e. The van der Waals surface area contributed by atoms with Gasteiger partial charge in [-0.2, -0.15) is 0 Å². The van der Waals surface area contributed by atoms with Gasteiger partial charge in [0, 0.05) is 12.3 Å². The Morgan fingerprint density at radius 3 is 2.73 bits per heavy atom. The Hall–Kier alpha value is -2.20. The van der Waals surface area contributed by atoms with Crippen molar-refractivity contribution in [1.82, 2.24) is 15.0 Å². The molecule has 1 spiro atoms. The number of aliphatic hydroxyl groups is 1. The van der Waals surface area contributed by atoms with Crippen LogP contribution in [0.4, 0.5) is 0 Å². The molecule has 2 saturated carbocycles. The van der Waals surface area contributed by atoms with Crippen LogP contribution in [0.1, 0.15) is 84.4 Å². The van der Waals surface area contributed by atoms with Crippen molar-refractivity contribution in [2.24, 2.45) is 29.1 Å². The fourth-order valence-electron chi connectivity index (χ4n) is 9.03. The molecular weight excluding hydrogens is 622 g/mol. The highest BCUT2D eigenvalue weighted by Crippen LogP contribution is 2.64. The zero-order valence-electron chi connectivity index (χ0n) is 26.5. The van der Waals surface area contributed by atoms with Gasteiger partial charge in [0.1, 0.15) is 17.8 Å². The minimum absolute atomic E-state index is 0.0123. The Labute approximate surface area is 269 Å². The van der Waals surface area contributed by atoms with E-state index < -0.39 is 17.1 Å². The normalized spacial score (nSPS) is 38.9. The molecule has 0 bridgehead atoms. The van der Waals surface area contributed by atoms with E-state index in [1.165, 1.54) is 5.56 Å². The van der Waals surface area contributed by atoms with Crippen LogP contribution >= 0.6 is 15.9 Å². The average molecular weight is 669 g/mol. The average Bonchev–Trinajstić information content (AvgIpc) is 3.68. The van der Waals surface area contributed by atoms with Crippen molar-refractivity contribution in [2.75, 3.05) is 0 Å². The Kier molecular flexibility index (Phi) is 8.34. The van der Waals surface area contributed by atoms with E-state index in [0.717, 1.165) is 31.2 Å². The molecule has 0 unspecified atom stereocenters. The van der Waals surface area contributed by atoms with Crippen LogP contribution < -0.4 is 0 Å². The van der Waals surface area contributed by atoms with E-state index in [0.29, 0.717) is 37.5 Å². The van der Waals surface area contributed by atoms with E-state index in [-0.39, 0.29) is 46.0 Å². The van der Waals surface area contributed by atoms with Gasteiger partial charge in [-0.25, -0.2) is 4.68 Å². The summed E-state index contributed by atoms with van der Waals surface area (Å²) < 4.78 is 15.5. The number of hydrogen-bond donors (Lipinski definition) is 1. The number of fused-ring (bicyclic) bond motifs is 3. The second-order valence-corrected chi connectivity index (χ2v) is 16.0. The van der Waals surface area contributed by atoms with Crippen LogP contribution in [-0.2, 0) is 32.2 Å². The lowest BCUT2D eigenvalue weighted by Gasteiger charge is -2.46. The quantitative estimate of drug-likeness (QED) is 0.279. The molecule has 0 amide bonds. The fraction of sp³-hybridized carbons (Fsp3) is 0.657. The van der Waals surface area contributed by atoms with Crippen LogP contribution in [0, 0.1) is 29.1 Å². The van der Waals surface area contributed by atoms with Gasteiger partial charge in [-0.3, -0.25) is 9.59 Å². The van der Waals surface area contributed by atoms with E-state index in [1.807, 2.05) is 35.2 Å². The molecule has 9 atom stereocenters. The molecule has 1 aliphatic heterocycles. The molecular formula is C35H46BrN3O5. The number of ether oxygens (including phenoxy) is 2. The minimum atomic E-state index is -1.11. The molecule has 2 heterocycles. The number of carbonyl (C=O) groups is 2. The molecule has 1 aromatic heterocycles. The van der Waals surface area contributed by atoms with Crippen molar-refractivity contribution in [3.05, 3.63) is 59.4 Å². The maximum atomic E-state index is 13.0. The van der Waals surface area contributed by atoms with E-state index >= 15 is 0 Å². The first-order valence-corrected chi connectivity index (χ1v) is 17.0. The fourth-order valence-corrected chi connectivity index (χ4v) is 9.49. The molecule has 9 heteroatoms. The predicted octanol–water partition coefficient (Wildman–Crippen LogP) is 5.84. The number of nitrogens with zero attached hydrogens (tertiary/aromatic N) is 3. The van der Waals surface area contributed by atoms with Crippen LogP contribution in [0.3, 0.4) is 0 Å². The summed E-state index contributed by atoms with van der Waals surface area (Å²) in [5.74, 6) is -0.287. The molecule has 3 fully saturated rings. The standard InChI is InChI=1S/C35H46BrN3O5/c1-22-15-28(31(36)32(2,3)43-21-25-19-39(38-37-25)18-23-9-7-6-8-10-23)44-35(22)14-13-33(4)16-26-30(27(41)17-34(26,5)42)24(20-40)11-12-29(33)35/h6-11,19-20,22,26,28-31,42H,12-18,21H2,1-5H3/b24-11-/t22-,26-,28+,29+,30+,31-,33+,34+,35-/m0/s1. The van der Waals surface area contributed by atoms with Gasteiger partial charge in [0.25, 0.3) is 0 Å². The van der Waals surface area contributed by atoms with E-state index in [2.05, 4.69) is 66.1 Å². The van der Waals surface area contributed by atoms with E-state index in [1.54, 1.807) is 6.92 Å². The molecule has 1 saturated heterocycles. The third-order valence-corrected chi connectivity index (χ3v) is 13.2. The molecule has 1 aromatic carbocycles. The zero-order chi connectivity index (χ0) is 31.5. The van der Waals surface area contributed by atoms with Gasteiger partial charge in [-0.15, -0.1) is 5.10 Å². The maximum absolute atomic E-state index is 13.0. The number of Topliss-reactive ketones (excluding diaryl/α,β-unsaturated/α-hetero) is 1. The third kappa shape index (κ3) is 5.56.